The zero-order chi connectivity index (χ0) is 7.21. The van der Waals surface area contributed by atoms with Crippen molar-refractivity contribution in [3.63, 3.8) is 0 Å². The Morgan fingerprint density at radius 1 is 1.12 bits per heavy atom. The van der Waals surface area contributed by atoms with E-state index < -0.39 is 31.5 Å². The monoisotopic (exact) mass is 250 g/mol. The Balaban J connectivity index is 0. The van der Waals surface area contributed by atoms with Gasteiger partial charge in [-0.1, -0.05) is 0 Å². The first-order valence-corrected chi connectivity index (χ1v) is 4.83. The van der Waals surface area contributed by atoms with Crippen LogP contribution in [0.25, 0.3) is 0 Å². The molecule has 0 saturated heterocycles. The maximum atomic E-state index is 8.74. The van der Waals surface area contributed by atoms with Crippen molar-refractivity contribution in [3.8, 4) is 0 Å². The molecule has 0 heterocycles. The average molecular weight is 249 g/mol. The van der Waals surface area contributed by atoms with E-state index in [0.717, 1.165) is 0 Å². The van der Waals surface area contributed by atoms with Gasteiger partial charge in [0, 0.05) is 0 Å². The summed E-state index contributed by atoms with van der Waals surface area (Å²) in [6.45, 7) is 0. The van der Waals surface area contributed by atoms with Crippen molar-refractivity contribution in [2.45, 2.75) is 0 Å². The van der Waals surface area contributed by atoms with Crippen LogP contribution in [0.3, 0.4) is 0 Å². The minimum absolute atomic E-state index is 2.27. The van der Waals surface area contributed by atoms with Crippen molar-refractivity contribution < 1.29 is 23.7 Å². The van der Waals surface area contributed by atoms with Gasteiger partial charge in [-0.05, 0) is 0 Å². The van der Waals surface area contributed by atoms with Crippen molar-refractivity contribution in [2.75, 3.05) is 0 Å². The Hall–Kier alpha value is 0.269. The summed E-state index contributed by atoms with van der Waals surface area (Å²) in [6, 6.07) is 0. The van der Waals surface area contributed by atoms with E-state index in [0.29, 0.717) is 0 Å². The zero-order valence-corrected chi connectivity index (χ0v) is 7.11. The van der Waals surface area contributed by atoms with Crippen LogP contribution in [0.1, 0.15) is 0 Å². The molecule has 0 rings (SSSR count). The quantitative estimate of drug-likeness (QED) is 0.409. The Morgan fingerprint density at radius 3 is 1.12 bits per heavy atom. The second kappa shape index (κ2) is 5.41. The molecule has 0 spiro atoms. The predicted octanol–water partition coefficient (Wildman–Crippen LogP) is -1.27. The Labute approximate surface area is 55.5 Å². The van der Waals surface area contributed by atoms with Crippen LogP contribution < -0.4 is 0 Å². The second-order valence-corrected chi connectivity index (χ2v) is 1.90. The summed E-state index contributed by atoms with van der Waals surface area (Å²) in [5, 5.41) is 0. The second-order valence-electron chi connectivity index (χ2n) is 0.531. The summed E-state index contributed by atoms with van der Waals surface area (Å²) >= 11 is -2.27. The third kappa shape index (κ3) is 2410. The molecule has 6 nitrogen and oxygen atoms in total. The van der Waals surface area contributed by atoms with Gasteiger partial charge in [0.1, 0.15) is 0 Å². The third-order valence-corrected chi connectivity index (χ3v) is 0. The SMILES string of the molecule is O=S(=O)(O)O.[O]=[Sn]=[O]. The fourth-order valence-corrected chi connectivity index (χ4v) is 0. The number of hydrogen-bond donors (Lipinski definition) is 2. The Morgan fingerprint density at radius 2 is 1.12 bits per heavy atom. The summed E-state index contributed by atoms with van der Waals surface area (Å²) < 4.78 is 48.7. The normalized spacial score (nSPS) is 8.25. The fourth-order valence-electron chi connectivity index (χ4n) is 0. The molecule has 8 heteroatoms. The maximum absolute atomic E-state index is 8.74. The van der Waals surface area contributed by atoms with Crippen molar-refractivity contribution >= 4 is 31.5 Å². The van der Waals surface area contributed by atoms with Gasteiger partial charge in [-0.15, -0.1) is 0 Å². The Bertz CT molecular complexity index is 149. The molecule has 0 unspecified atom stereocenters. The molecule has 0 aliphatic rings. The molecular formula is H2O6SSn. The van der Waals surface area contributed by atoms with E-state index in [9.17, 15) is 0 Å². The molecule has 0 aromatic heterocycles. The van der Waals surface area contributed by atoms with Crippen LogP contribution in [0.4, 0.5) is 0 Å². The van der Waals surface area contributed by atoms with Crippen molar-refractivity contribution in [1.29, 1.82) is 0 Å². The van der Waals surface area contributed by atoms with Gasteiger partial charge < -0.3 is 0 Å². The van der Waals surface area contributed by atoms with Crippen molar-refractivity contribution in [2.24, 2.45) is 0 Å². The summed E-state index contributed by atoms with van der Waals surface area (Å²) in [5.74, 6) is 0. The van der Waals surface area contributed by atoms with Gasteiger partial charge in [0.2, 0.25) is 0 Å². The first-order valence-electron chi connectivity index (χ1n) is 1.11. The molecule has 0 aromatic carbocycles. The summed E-state index contributed by atoms with van der Waals surface area (Å²) in [7, 11) is -4.67. The van der Waals surface area contributed by atoms with Crippen LogP contribution in [0.5, 0.6) is 0 Å². The van der Waals surface area contributed by atoms with Crippen LogP contribution in [-0.4, -0.2) is 38.6 Å². The van der Waals surface area contributed by atoms with E-state index in [2.05, 4.69) is 0 Å². The van der Waals surface area contributed by atoms with Gasteiger partial charge >= 0.3 is 37.7 Å². The standard InChI is InChI=1S/H2O4S.2O.Sn/c1-5(2,3)4;;;/h(H2,1,2,3,4);;;. The van der Waals surface area contributed by atoms with E-state index in [-0.39, 0.29) is 0 Å². The van der Waals surface area contributed by atoms with Gasteiger partial charge in [0.15, 0.2) is 0 Å². The fraction of sp³-hybridized carbons (Fsp3) is 0. The van der Waals surface area contributed by atoms with E-state index in [4.69, 9.17) is 23.7 Å². The summed E-state index contributed by atoms with van der Waals surface area (Å²) in [4.78, 5) is 0. The topological polar surface area (TPSA) is 109 Å². The molecule has 0 aliphatic carbocycles. The summed E-state index contributed by atoms with van der Waals surface area (Å²) in [6.07, 6.45) is 0. The molecule has 48 valence electrons. The van der Waals surface area contributed by atoms with Crippen LogP contribution in [0, 0.1) is 0 Å². The Kier molecular flexibility index (Phi) is 7.51. The van der Waals surface area contributed by atoms with Gasteiger partial charge in [0.05, 0.1) is 0 Å². The molecule has 2 N–H and O–H groups in total. The number of rotatable bonds is 0. The van der Waals surface area contributed by atoms with E-state index in [1.807, 2.05) is 0 Å². The number of hydrogen-bond acceptors (Lipinski definition) is 4. The molecule has 0 bridgehead atoms. The van der Waals surface area contributed by atoms with Crippen LogP contribution >= 0.6 is 0 Å². The molecule has 0 amide bonds. The molecule has 0 atom stereocenters. The predicted molar refractivity (Wildman–Crippen MR) is 21.3 cm³/mol. The zero-order valence-electron chi connectivity index (χ0n) is 3.44. The van der Waals surface area contributed by atoms with E-state index in [1.54, 1.807) is 0 Å². The van der Waals surface area contributed by atoms with Crippen LogP contribution in [0.2, 0.25) is 0 Å². The van der Waals surface area contributed by atoms with E-state index in [1.165, 1.54) is 0 Å². The summed E-state index contributed by atoms with van der Waals surface area (Å²) in [5.41, 5.74) is 0. The van der Waals surface area contributed by atoms with Gasteiger partial charge in [-0.25, -0.2) is 0 Å². The van der Waals surface area contributed by atoms with Crippen molar-refractivity contribution in [1.82, 2.24) is 0 Å². The molecular weight excluding hydrogens is 247 g/mol. The molecule has 0 fully saturated rings. The van der Waals surface area contributed by atoms with Crippen LogP contribution in [-0.2, 0) is 16.6 Å². The third-order valence-electron chi connectivity index (χ3n) is 0. The van der Waals surface area contributed by atoms with Gasteiger partial charge in [-0.3, -0.25) is 9.11 Å². The molecule has 0 radical (unpaired) electrons. The molecule has 0 aromatic rings. The van der Waals surface area contributed by atoms with Gasteiger partial charge in [-0.2, -0.15) is 8.42 Å². The minimum atomic E-state index is -4.67. The van der Waals surface area contributed by atoms with Crippen molar-refractivity contribution in [3.05, 3.63) is 0 Å². The van der Waals surface area contributed by atoms with E-state index >= 15 is 0 Å². The first kappa shape index (κ1) is 11.1. The van der Waals surface area contributed by atoms with Gasteiger partial charge in [0.25, 0.3) is 0 Å². The molecule has 0 saturated carbocycles. The molecule has 8 heavy (non-hydrogen) atoms. The molecule has 0 aliphatic heterocycles. The van der Waals surface area contributed by atoms with Crippen LogP contribution in [0.15, 0.2) is 0 Å². The average Bonchev–Trinajstić information content (AvgIpc) is 1.27. The first-order chi connectivity index (χ1) is 3.41.